The van der Waals surface area contributed by atoms with Crippen molar-refractivity contribution in [3.05, 3.63) is 4.91 Å². The van der Waals surface area contributed by atoms with Crippen molar-refractivity contribution in [2.45, 2.75) is 31.4 Å². The standard InChI is InChI=1S/C10H17N3O3/c11-5-12-2-1-6-7-3-10(14)16-9(7)4-8(6)13-15/h6-9,12H,1-5,11H2/t6-,7-,8-,9+/m1/s1. The maximum atomic E-state index is 11.2. The number of hydrogen-bond acceptors (Lipinski definition) is 6. The summed E-state index contributed by atoms with van der Waals surface area (Å²) in [5.74, 6) is 0.193. The molecule has 0 aromatic heterocycles. The molecule has 2 rings (SSSR count). The summed E-state index contributed by atoms with van der Waals surface area (Å²) >= 11 is 0. The SMILES string of the molecule is NCNCC[C@@H]1[C@H]2CC(=O)O[C@H]2C[C@H]1N=O. The van der Waals surface area contributed by atoms with Gasteiger partial charge in [0.15, 0.2) is 0 Å². The van der Waals surface area contributed by atoms with Crippen molar-refractivity contribution in [1.29, 1.82) is 0 Å². The number of hydrogen-bond donors (Lipinski definition) is 2. The number of esters is 1. The monoisotopic (exact) mass is 227 g/mol. The summed E-state index contributed by atoms with van der Waals surface area (Å²) in [6.45, 7) is 1.18. The lowest BCUT2D eigenvalue weighted by Crippen LogP contribution is -2.28. The molecule has 0 amide bonds. The first-order valence-electron chi connectivity index (χ1n) is 5.69. The molecule has 90 valence electrons. The highest BCUT2D eigenvalue weighted by molar-refractivity contribution is 5.72. The first-order chi connectivity index (χ1) is 7.76. The van der Waals surface area contributed by atoms with E-state index in [1.165, 1.54) is 0 Å². The number of nitrogens with zero attached hydrogens (tertiary/aromatic N) is 1. The lowest BCUT2D eigenvalue weighted by Gasteiger charge is -2.18. The van der Waals surface area contributed by atoms with Crippen molar-refractivity contribution in [3.8, 4) is 0 Å². The van der Waals surface area contributed by atoms with Gasteiger partial charge in [-0.1, -0.05) is 5.18 Å². The number of carbonyl (C=O) groups is 1. The van der Waals surface area contributed by atoms with E-state index in [-0.39, 0.29) is 30.0 Å². The lowest BCUT2D eigenvalue weighted by molar-refractivity contribution is -0.141. The van der Waals surface area contributed by atoms with Gasteiger partial charge in [-0.2, -0.15) is 4.91 Å². The van der Waals surface area contributed by atoms with Gasteiger partial charge in [0.25, 0.3) is 0 Å². The van der Waals surface area contributed by atoms with E-state index in [2.05, 4.69) is 10.5 Å². The molecular formula is C10H17N3O3. The third kappa shape index (κ3) is 2.08. The molecule has 2 aliphatic rings. The van der Waals surface area contributed by atoms with E-state index >= 15 is 0 Å². The highest BCUT2D eigenvalue weighted by atomic mass is 16.6. The van der Waals surface area contributed by atoms with Crippen molar-refractivity contribution >= 4 is 5.97 Å². The molecule has 2 fully saturated rings. The maximum absolute atomic E-state index is 11.2. The van der Waals surface area contributed by atoms with Crippen LogP contribution in [-0.4, -0.2) is 31.3 Å². The van der Waals surface area contributed by atoms with Gasteiger partial charge in [0.05, 0.1) is 12.5 Å². The molecule has 0 aromatic rings. The fourth-order valence-electron chi connectivity index (χ4n) is 2.87. The summed E-state index contributed by atoms with van der Waals surface area (Å²) in [6, 6.07) is -0.206. The average molecular weight is 227 g/mol. The van der Waals surface area contributed by atoms with Gasteiger partial charge >= 0.3 is 5.97 Å². The quantitative estimate of drug-likeness (QED) is 0.298. The van der Waals surface area contributed by atoms with Crippen molar-refractivity contribution in [2.75, 3.05) is 13.2 Å². The van der Waals surface area contributed by atoms with E-state index in [1.807, 2.05) is 0 Å². The van der Waals surface area contributed by atoms with Gasteiger partial charge in [-0.15, -0.1) is 0 Å². The predicted molar refractivity (Wildman–Crippen MR) is 57.4 cm³/mol. The van der Waals surface area contributed by atoms with Gasteiger partial charge < -0.3 is 15.8 Å². The zero-order valence-electron chi connectivity index (χ0n) is 9.09. The summed E-state index contributed by atoms with van der Waals surface area (Å²) in [4.78, 5) is 21.9. The highest BCUT2D eigenvalue weighted by Gasteiger charge is 2.50. The minimum absolute atomic E-state index is 0.0851. The minimum Gasteiger partial charge on any atom is -0.462 e. The summed E-state index contributed by atoms with van der Waals surface area (Å²) in [5.41, 5.74) is 5.33. The van der Waals surface area contributed by atoms with Gasteiger partial charge in [-0.25, -0.2) is 0 Å². The number of nitrogens with two attached hydrogens (primary N) is 1. The molecule has 3 N–H and O–H groups in total. The second kappa shape index (κ2) is 4.88. The zero-order valence-corrected chi connectivity index (χ0v) is 9.09. The number of nitrogens with one attached hydrogen (secondary N) is 1. The van der Waals surface area contributed by atoms with Crippen molar-refractivity contribution < 1.29 is 9.53 Å². The molecule has 4 atom stereocenters. The van der Waals surface area contributed by atoms with Crippen LogP contribution < -0.4 is 11.1 Å². The number of ether oxygens (including phenoxy) is 1. The molecule has 1 saturated carbocycles. The molecule has 1 aliphatic heterocycles. The number of rotatable bonds is 5. The van der Waals surface area contributed by atoms with E-state index < -0.39 is 0 Å². The molecular weight excluding hydrogens is 210 g/mol. The van der Waals surface area contributed by atoms with Crippen LogP contribution >= 0.6 is 0 Å². The van der Waals surface area contributed by atoms with E-state index in [9.17, 15) is 9.70 Å². The maximum Gasteiger partial charge on any atom is 0.306 e. The Bertz CT molecular complexity index is 284. The summed E-state index contributed by atoms with van der Waals surface area (Å²) in [7, 11) is 0. The average Bonchev–Trinajstić information content (AvgIpc) is 2.76. The van der Waals surface area contributed by atoms with Crippen LogP contribution in [0.2, 0.25) is 0 Å². The third-order valence-corrected chi connectivity index (χ3v) is 3.61. The van der Waals surface area contributed by atoms with Crippen LogP contribution in [0.5, 0.6) is 0 Å². The molecule has 0 aromatic carbocycles. The van der Waals surface area contributed by atoms with Crippen LogP contribution in [0.1, 0.15) is 19.3 Å². The molecule has 0 unspecified atom stereocenters. The molecule has 6 nitrogen and oxygen atoms in total. The van der Waals surface area contributed by atoms with Crippen LogP contribution in [0.3, 0.4) is 0 Å². The summed E-state index contributed by atoms with van der Waals surface area (Å²) in [6.07, 6.45) is 1.76. The topological polar surface area (TPSA) is 93.8 Å². The lowest BCUT2D eigenvalue weighted by atomic mass is 9.88. The van der Waals surface area contributed by atoms with E-state index in [4.69, 9.17) is 10.5 Å². The van der Waals surface area contributed by atoms with Gasteiger partial charge in [-0.05, 0) is 18.9 Å². The zero-order chi connectivity index (χ0) is 11.5. The molecule has 0 radical (unpaired) electrons. The van der Waals surface area contributed by atoms with Crippen molar-refractivity contribution in [2.24, 2.45) is 22.7 Å². The predicted octanol–water partition coefficient (Wildman–Crippen LogP) is -0.0311. The van der Waals surface area contributed by atoms with Gasteiger partial charge in [0.2, 0.25) is 0 Å². The van der Waals surface area contributed by atoms with Crippen molar-refractivity contribution in [3.63, 3.8) is 0 Å². The highest BCUT2D eigenvalue weighted by Crippen LogP contribution is 2.44. The Morgan fingerprint density at radius 1 is 1.56 bits per heavy atom. The summed E-state index contributed by atoms with van der Waals surface area (Å²) < 4.78 is 5.17. The van der Waals surface area contributed by atoms with Crippen LogP contribution in [0.4, 0.5) is 0 Å². The molecule has 0 bridgehead atoms. The molecule has 16 heavy (non-hydrogen) atoms. The van der Waals surface area contributed by atoms with Crippen LogP contribution in [0.15, 0.2) is 5.18 Å². The third-order valence-electron chi connectivity index (χ3n) is 3.61. The Labute approximate surface area is 93.9 Å². The van der Waals surface area contributed by atoms with Crippen LogP contribution in [-0.2, 0) is 9.53 Å². The minimum atomic E-state index is -0.206. The van der Waals surface area contributed by atoms with E-state index in [0.717, 1.165) is 13.0 Å². The normalized spacial score (nSPS) is 37.2. The van der Waals surface area contributed by atoms with Gasteiger partial charge in [0, 0.05) is 19.0 Å². The number of fused-ring (bicyclic) bond motifs is 1. The second-order valence-corrected chi connectivity index (χ2v) is 4.46. The van der Waals surface area contributed by atoms with E-state index in [0.29, 0.717) is 19.5 Å². The number of nitroso groups, excluding NO2 is 1. The van der Waals surface area contributed by atoms with E-state index in [1.54, 1.807) is 0 Å². The Kier molecular flexibility index (Phi) is 3.50. The summed E-state index contributed by atoms with van der Waals surface area (Å²) in [5, 5.41) is 6.17. The van der Waals surface area contributed by atoms with Gasteiger partial charge in [0.1, 0.15) is 6.10 Å². The Morgan fingerprint density at radius 3 is 3.06 bits per heavy atom. The molecule has 1 heterocycles. The molecule has 1 saturated heterocycles. The first kappa shape index (κ1) is 11.5. The molecule has 1 aliphatic carbocycles. The van der Waals surface area contributed by atoms with Crippen molar-refractivity contribution in [1.82, 2.24) is 5.32 Å². The fourth-order valence-corrected chi connectivity index (χ4v) is 2.87. The van der Waals surface area contributed by atoms with Gasteiger partial charge in [-0.3, -0.25) is 4.79 Å². The smallest absolute Gasteiger partial charge is 0.306 e. The molecule has 6 heteroatoms. The van der Waals surface area contributed by atoms with Crippen LogP contribution in [0.25, 0.3) is 0 Å². The Hall–Kier alpha value is -1.01. The molecule has 0 spiro atoms. The largest absolute Gasteiger partial charge is 0.462 e. The Morgan fingerprint density at radius 2 is 2.38 bits per heavy atom. The van der Waals surface area contributed by atoms with Crippen LogP contribution in [0, 0.1) is 16.7 Å². The Balaban J connectivity index is 1.95. The second-order valence-electron chi connectivity index (χ2n) is 4.46. The first-order valence-corrected chi connectivity index (χ1v) is 5.69. The fraction of sp³-hybridized carbons (Fsp3) is 0.900. The number of carbonyl (C=O) groups excluding carboxylic acids is 1.